The first-order valence-corrected chi connectivity index (χ1v) is 9.38. The van der Waals surface area contributed by atoms with Gasteiger partial charge in [0.05, 0.1) is 35.7 Å². The Labute approximate surface area is 164 Å². The summed E-state index contributed by atoms with van der Waals surface area (Å²) in [5, 5.41) is 1.20. The normalized spacial score (nSPS) is 10.9. The van der Waals surface area contributed by atoms with Gasteiger partial charge in [-0.1, -0.05) is 35.1 Å². The highest BCUT2D eigenvalue weighted by atomic mass is 35.5. The van der Waals surface area contributed by atoms with Gasteiger partial charge >= 0.3 is 0 Å². The molecule has 0 N–H and O–H groups in total. The molecule has 136 valence electrons. The molecule has 2 aromatic carbocycles. The average Bonchev–Trinajstić information content (AvgIpc) is 3.34. The zero-order chi connectivity index (χ0) is 18.8. The lowest BCUT2D eigenvalue weighted by Crippen LogP contribution is -2.30. The zero-order valence-corrected chi connectivity index (χ0v) is 16.0. The number of furan rings is 1. The van der Waals surface area contributed by atoms with E-state index in [-0.39, 0.29) is 12.5 Å². The molecule has 0 fully saturated rings. The first kappa shape index (κ1) is 17.6. The van der Waals surface area contributed by atoms with E-state index < -0.39 is 0 Å². The number of nitrogens with zero attached hydrogens (tertiary/aromatic N) is 2. The minimum absolute atomic E-state index is 0.214. The van der Waals surface area contributed by atoms with Crippen LogP contribution in [0.2, 0.25) is 5.02 Å². The molecule has 4 rings (SSSR count). The van der Waals surface area contributed by atoms with Crippen LogP contribution < -0.4 is 9.64 Å². The van der Waals surface area contributed by atoms with Crippen molar-refractivity contribution in [2.75, 3.05) is 12.0 Å². The molecule has 0 unspecified atom stereocenters. The Morgan fingerprint density at radius 2 is 2.07 bits per heavy atom. The second-order valence-corrected chi connectivity index (χ2v) is 7.22. The van der Waals surface area contributed by atoms with Crippen LogP contribution >= 0.6 is 22.9 Å². The number of ether oxygens (including phenoxy) is 1. The topological polar surface area (TPSA) is 55.6 Å². The molecule has 0 saturated heterocycles. The first-order valence-electron chi connectivity index (χ1n) is 8.19. The summed E-state index contributed by atoms with van der Waals surface area (Å²) in [6.45, 7) is 0.261. The minimum atomic E-state index is -0.214. The van der Waals surface area contributed by atoms with E-state index in [2.05, 4.69) is 4.98 Å². The minimum Gasteiger partial charge on any atom is -0.496 e. The Kier molecular flexibility index (Phi) is 4.83. The van der Waals surface area contributed by atoms with Crippen LogP contribution in [0.5, 0.6) is 5.75 Å². The van der Waals surface area contributed by atoms with Crippen molar-refractivity contribution in [3.8, 4) is 5.75 Å². The van der Waals surface area contributed by atoms with Gasteiger partial charge in [-0.05, 0) is 42.5 Å². The van der Waals surface area contributed by atoms with Crippen LogP contribution in [0.25, 0.3) is 10.2 Å². The number of hydrogen-bond acceptors (Lipinski definition) is 5. The molecule has 0 radical (unpaired) electrons. The van der Waals surface area contributed by atoms with Gasteiger partial charge in [-0.25, -0.2) is 4.98 Å². The number of halogens is 1. The van der Waals surface area contributed by atoms with Gasteiger partial charge in [-0.15, -0.1) is 0 Å². The van der Waals surface area contributed by atoms with Gasteiger partial charge in [0.15, 0.2) is 5.13 Å². The highest BCUT2D eigenvalue weighted by Crippen LogP contribution is 2.33. The third-order valence-corrected chi connectivity index (χ3v) is 5.32. The van der Waals surface area contributed by atoms with Crippen molar-refractivity contribution in [1.29, 1.82) is 0 Å². The Morgan fingerprint density at radius 3 is 2.85 bits per heavy atom. The van der Waals surface area contributed by atoms with Crippen molar-refractivity contribution in [2.24, 2.45) is 0 Å². The number of hydrogen-bond donors (Lipinski definition) is 0. The number of fused-ring (bicyclic) bond motifs is 1. The summed E-state index contributed by atoms with van der Waals surface area (Å²) < 4.78 is 11.7. The molecule has 0 aliphatic heterocycles. The van der Waals surface area contributed by atoms with Crippen LogP contribution in [0.4, 0.5) is 5.13 Å². The molecule has 0 aliphatic rings. The number of anilines is 1. The summed E-state index contributed by atoms with van der Waals surface area (Å²) >= 11 is 7.49. The van der Waals surface area contributed by atoms with Crippen molar-refractivity contribution in [3.05, 3.63) is 77.2 Å². The third-order valence-electron chi connectivity index (χ3n) is 4.05. The van der Waals surface area contributed by atoms with Crippen molar-refractivity contribution in [1.82, 2.24) is 4.98 Å². The van der Waals surface area contributed by atoms with Crippen molar-refractivity contribution < 1.29 is 13.9 Å². The van der Waals surface area contributed by atoms with Crippen molar-refractivity contribution >= 4 is 44.2 Å². The summed E-state index contributed by atoms with van der Waals surface area (Å²) in [5.74, 6) is 0.959. The average molecular weight is 399 g/mol. The predicted octanol–water partition coefficient (Wildman–Crippen LogP) is 5.40. The maximum atomic E-state index is 13.3. The fourth-order valence-electron chi connectivity index (χ4n) is 2.75. The molecule has 5 nitrogen and oxygen atoms in total. The van der Waals surface area contributed by atoms with E-state index in [1.165, 1.54) is 11.3 Å². The summed E-state index contributed by atoms with van der Waals surface area (Å²) in [6.07, 6.45) is 1.58. The van der Waals surface area contributed by atoms with Gasteiger partial charge < -0.3 is 9.15 Å². The molecule has 0 aliphatic carbocycles. The number of aromatic nitrogens is 1. The molecule has 2 heterocycles. The van der Waals surface area contributed by atoms with Crippen molar-refractivity contribution in [2.45, 2.75) is 6.54 Å². The van der Waals surface area contributed by atoms with Gasteiger partial charge in [0.25, 0.3) is 5.91 Å². The second-order valence-electron chi connectivity index (χ2n) is 5.78. The monoisotopic (exact) mass is 398 g/mol. The van der Waals surface area contributed by atoms with Crippen LogP contribution in [0.15, 0.2) is 65.3 Å². The Morgan fingerprint density at radius 1 is 1.22 bits per heavy atom. The largest absolute Gasteiger partial charge is 0.496 e. The lowest BCUT2D eigenvalue weighted by molar-refractivity contribution is 0.0980. The highest BCUT2D eigenvalue weighted by Gasteiger charge is 2.25. The first-order chi connectivity index (χ1) is 13.2. The van der Waals surface area contributed by atoms with Gasteiger partial charge in [0.1, 0.15) is 11.5 Å². The molecule has 4 aromatic rings. The fourth-order valence-corrected chi connectivity index (χ4v) is 3.99. The Bertz CT molecular complexity index is 1090. The molecular weight excluding hydrogens is 384 g/mol. The van der Waals surface area contributed by atoms with E-state index in [4.69, 9.17) is 20.8 Å². The highest BCUT2D eigenvalue weighted by molar-refractivity contribution is 7.22. The Balaban J connectivity index is 1.79. The second kappa shape index (κ2) is 7.42. The number of rotatable bonds is 5. The maximum Gasteiger partial charge on any atom is 0.264 e. The SMILES string of the molecule is COc1ccccc1C(=O)N(Cc1ccco1)c1nc2ccc(Cl)cc2s1. The molecule has 0 bridgehead atoms. The quantitative estimate of drug-likeness (QED) is 0.451. The molecule has 0 saturated carbocycles. The van der Waals surface area contributed by atoms with E-state index in [9.17, 15) is 4.79 Å². The smallest absolute Gasteiger partial charge is 0.264 e. The summed E-state index contributed by atoms with van der Waals surface area (Å²) in [7, 11) is 1.54. The van der Waals surface area contributed by atoms with Gasteiger partial charge in [-0.2, -0.15) is 0 Å². The summed E-state index contributed by atoms with van der Waals surface area (Å²) in [4.78, 5) is 19.6. The molecule has 2 aromatic heterocycles. The lowest BCUT2D eigenvalue weighted by atomic mass is 10.1. The van der Waals surface area contributed by atoms with Gasteiger partial charge in [0, 0.05) is 5.02 Å². The zero-order valence-electron chi connectivity index (χ0n) is 14.4. The van der Waals surface area contributed by atoms with Crippen molar-refractivity contribution in [3.63, 3.8) is 0 Å². The van der Waals surface area contributed by atoms with Crippen LogP contribution in [-0.4, -0.2) is 18.0 Å². The number of amides is 1. The third kappa shape index (κ3) is 3.54. The molecule has 0 atom stereocenters. The fraction of sp³-hybridized carbons (Fsp3) is 0.100. The predicted molar refractivity (Wildman–Crippen MR) is 107 cm³/mol. The molecular formula is C20H15ClN2O3S. The number of methoxy groups -OCH3 is 1. The Hall–Kier alpha value is -2.83. The number of benzene rings is 2. The van der Waals surface area contributed by atoms with Crippen LogP contribution in [0.1, 0.15) is 16.1 Å². The van der Waals surface area contributed by atoms with E-state index in [0.29, 0.717) is 27.2 Å². The molecule has 7 heteroatoms. The number of para-hydroxylation sites is 1. The molecule has 27 heavy (non-hydrogen) atoms. The molecule has 1 amide bonds. The van der Waals surface area contributed by atoms with E-state index >= 15 is 0 Å². The lowest BCUT2D eigenvalue weighted by Gasteiger charge is -2.20. The van der Waals surface area contributed by atoms with Crippen LogP contribution in [-0.2, 0) is 6.54 Å². The van der Waals surface area contributed by atoms with E-state index in [1.807, 2.05) is 24.3 Å². The number of thiazole rings is 1. The van der Waals surface area contributed by atoms with Gasteiger partial charge in [0.2, 0.25) is 0 Å². The number of carbonyl (C=O) groups is 1. The summed E-state index contributed by atoms with van der Waals surface area (Å²) in [6, 6.07) is 16.2. The van der Waals surface area contributed by atoms with Gasteiger partial charge in [-0.3, -0.25) is 9.69 Å². The van der Waals surface area contributed by atoms with Crippen LogP contribution in [0.3, 0.4) is 0 Å². The molecule has 0 spiro atoms. The van der Waals surface area contributed by atoms with E-state index in [1.54, 1.807) is 48.6 Å². The van der Waals surface area contributed by atoms with Crippen LogP contribution in [0, 0.1) is 0 Å². The standard InChI is InChI=1S/C20H15ClN2O3S/c1-25-17-7-3-2-6-15(17)19(24)23(12-14-5-4-10-26-14)20-22-16-9-8-13(21)11-18(16)27-20/h2-11H,12H2,1H3. The number of carbonyl (C=O) groups excluding carboxylic acids is 1. The summed E-state index contributed by atoms with van der Waals surface area (Å²) in [5.41, 5.74) is 1.25. The van der Waals surface area contributed by atoms with E-state index in [0.717, 1.165) is 10.2 Å². The maximum absolute atomic E-state index is 13.3.